The standard InChI is InChI=1S/C10H10N6O3S/c1-5-12-10(14-13-5)20-8-3-2-6(9(11)15-17)4-7(8)16(18)19/h2-4,17H,1H3,(H2,11,15)(H,12,13,14). The van der Waals surface area contributed by atoms with Crippen molar-refractivity contribution in [2.24, 2.45) is 10.9 Å². The lowest BCUT2D eigenvalue weighted by molar-refractivity contribution is -0.387. The van der Waals surface area contributed by atoms with E-state index in [0.29, 0.717) is 15.9 Å². The summed E-state index contributed by atoms with van der Waals surface area (Å²) in [6.45, 7) is 1.73. The van der Waals surface area contributed by atoms with E-state index in [2.05, 4.69) is 20.3 Å². The molecule has 0 aliphatic heterocycles. The lowest BCUT2D eigenvalue weighted by Gasteiger charge is -2.03. The van der Waals surface area contributed by atoms with Gasteiger partial charge in [-0.1, -0.05) is 5.16 Å². The summed E-state index contributed by atoms with van der Waals surface area (Å²) < 4.78 is 0. The summed E-state index contributed by atoms with van der Waals surface area (Å²) in [5.41, 5.74) is 5.50. The quantitative estimate of drug-likeness (QED) is 0.253. The maximum atomic E-state index is 11.1. The molecule has 1 heterocycles. The van der Waals surface area contributed by atoms with Gasteiger partial charge in [-0.05, 0) is 30.8 Å². The Balaban J connectivity index is 2.40. The number of rotatable bonds is 4. The van der Waals surface area contributed by atoms with Crippen molar-refractivity contribution in [3.63, 3.8) is 0 Å². The van der Waals surface area contributed by atoms with Gasteiger partial charge in [-0.25, -0.2) is 4.98 Å². The van der Waals surface area contributed by atoms with Crippen LogP contribution in [0.4, 0.5) is 5.69 Å². The van der Waals surface area contributed by atoms with Gasteiger partial charge in [-0.2, -0.15) is 0 Å². The van der Waals surface area contributed by atoms with Crippen molar-refractivity contribution in [2.75, 3.05) is 0 Å². The smallest absolute Gasteiger partial charge is 0.284 e. The van der Waals surface area contributed by atoms with E-state index in [4.69, 9.17) is 10.9 Å². The molecule has 0 spiro atoms. The number of hydrogen-bond donors (Lipinski definition) is 3. The van der Waals surface area contributed by atoms with Crippen molar-refractivity contribution in [1.82, 2.24) is 15.2 Å². The second kappa shape index (κ2) is 5.57. The number of nitrogens with zero attached hydrogens (tertiary/aromatic N) is 4. The third-order valence-corrected chi connectivity index (χ3v) is 3.27. The Morgan fingerprint density at radius 2 is 2.35 bits per heavy atom. The van der Waals surface area contributed by atoms with Gasteiger partial charge < -0.3 is 10.9 Å². The van der Waals surface area contributed by atoms with Crippen LogP contribution in [0.3, 0.4) is 0 Å². The first-order valence-corrected chi connectivity index (χ1v) is 6.16. The largest absolute Gasteiger partial charge is 0.409 e. The Morgan fingerprint density at radius 3 is 2.90 bits per heavy atom. The zero-order valence-electron chi connectivity index (χ0n) is 10.3. The maximum absolute atomic E-state index is 11.1. The van der Waals surface area contributed by atoms with Crippen LogP contribution in [0.25, 0.3) is 0 Å². The monoisotopic (exact) mass is 294 g/mol. The van der Waals surface area contributed by atoms with Crippen molar-refractivity contribution in [2.45, 2.75) is 17.0 Å². The van der Waals surface area contributed by atoms with E-state index in [1.165, 1.54) is 18.2 Å². The number of oxime groups is 1. The molecule has 0 bridgehead atoms. The predicted molar refractivity (Wildman–Crippen MR) is 70.8 cm³/mol. The number of nitrogens with two attached hydrogens (primary N) is 1. The van der Waals surface area contributed by atoms with Gasteiger partial charge >= 0.3 is 0 Å². The second-order valence-electron chi connectivity index (χ2n) is 3.73. The number of nitro groups is 1. The fourth-order valence-electron chi connectivity index (χ4n) is 1.43. The molecule has 2 rings (SSSR count). The Labute approximate surface area is 117 Å². The van der Waals surface area contributed by atoms with Crippen LogP contribution in [0.15, 0.2) is 33.4 Å². The van der Waals surface area contributed by atoms with Crippen molar-refractivity contribution in [1.29, 1.82) is 0 Å². The van der Waals surface area contributed by atoms with Gasteiger partial charge in [0.05, 0.1) is 9.82 Å². The SMILES string of the molecule is Cc1nc(Sc2ccc(C(N)=NO)cc2[N+](=O)[O-])n[nH]1. The van der Waals surface area contributed by atoms with Crippen LogP contribution in [0.2, 0.25) is 0 Å². The van der Waals surface area contributed by atoms with Gasteiger partial charge in [0.2, 0.25) is 5.16 Å². The first-order valence-electron chi connectivity index (χ1n) is 5.34. The number of nitro benzene ring substituents is 1. The molecular formula is C10H10N6O3S. The van der Waals surface area contributed by atoms with Crippen LogP contribution in [0.1, 0.15) is 11.4 Å². The number of aromatic amines is 1. The molecule has 104 valence electrons. The van der Waals surface area contributed by atoms with Crippen molar-refractivity contribution in [3.8, 4) is 0 Å². The molecule has 9 nitrogen and oxygen atoms in total. The minimum absolute atomic E-state index is 0.165. The Bertz CT molecular complexity index is 683. The summed E-state index contributed by atoms with van der Waals surface area (Å²) in [6.07, 6.45) is 0. The number of aromatic nitrogens is 3. The minimum atomic E-state index is -0.546. The lowest BCUT2D eigenvalue weighted by Crippen LogP contribution is -2.13. The van der Waals surface area contributed by atoms with Gasteiger partial charge in [0.15, 0.2) is 5.84 Å². The highest BCUT2D eigenvalue weighted by Crippen LogP contribution is 2.33. The summed E-state index contributed by atoms with van der Waals surface area (Å²) >= 11 is 1.05. The molecule has 1 aromatic heterocycles. The van der Waals surface area contributed by atoms with Crippen LogP contribution >= 0.6 is 11.8 Å². The van der Waals surface area contributed by atoms with Crippen LogP contribution in [-0.4, -0.2) is 31.1 Å². The van der Waals surface area contributed by atoms with Crippen LogP contribution in [0.5, 0.6) is 0 Å². The van der Waals surface area contributed by atoms with Crippen molar-refractivity contribution >= 4 is 23.3 Å². The van der Waals surface area contributed by atoms with Crippen LogP contribution in [-0.2, 0) is 0 Å². The first-order chi connectivity index (χ1) is 9.51. The predicted octanol–water partition coefficient (Wildman–Crippen LogP) is 1.27. The molecule has 4 N–H and O–H groups in total. The molecule has 0 saturated heterocycles. The van der Waals surface area contributed by atoms with E-state index in [0.717, 1.165) is 11.8 Å². The Kier molecular flexibility index (Phi) is 3.84. The number of aryl methyl sites for hydroxylation is 1. The summed E-state index contributed by atoms with van der Waals surface area (Å²) in [4.78, 5) is 15.0. The lowest BCUT2D eigenvalue weighted by atomic mass is 10.2. The van der Waals surface area contributed by atoms with E-state index in [-0.39, 0.29) is 17.1 Å². The summed E-state index contributed by atoms with van der Waals surface area (Å²) in [7, 11) is 0. The highest BCUT2D eigenvalue weighted by atomic mass is 32.2. The van der Waals surface area contributed by atoms with Crippen LogP contribution in [0, 0.1) is 17.0 Å². The molecule has 0 atom stereocenters. The fourth-order valence-corrected chi connectivity index (χ4v) is 2.27. The number of hydrogen-bond acceptors (Lipinski definition) is 7. The van der Waals surface area contributed by atoms with Gasteiger partial charge in [0, 0.05) is 11.6 Å². The highest BCUT2D eigenvalue weighted by Gasteiger charge is 2.18. The third-order valence-electron chi connectivity index (χ3n) is 2.34. The van der Waals surface area contributed by atoms with Gasteiger partial charge in [-0.3, -0.25) is 15.2 Å². The molecule has 0 aliphatic carbocycles. The molecule has 0 amide bonds. The second-order valence-corrected chi connectivity index (χ2v) is 4.74. The fraction of sp³-hybridized carbons (Fsp3) is 0.100. The summed E-state index contributed by atoms with van der Waals surface area (Å²) in [5, 5.41) is 29.4. The molecule has 0 saturated carbocycles. The number of amidine groups is 1. The molecular weight excluding hydrogens is 284 g/mol. The van der Waals surface area contributed by atoms with E-state index in [9.17, 15) is 10.1 Å². The van der Waals surface area contributed by atoms with E-state index < -0.39 is 4.92 Å². The van der Waals surface area contributed by atoms with Crippen molar-refractivity contribution in [3.05, 3.63) is 39.7 Å². The van der Waals surface area contributed by atoms with Gasteiger partial charge in [0.25, 0.3) is 5.69 Å². The topological polar surface area (TPSA) is 143 Å². The summed E-state index contributed by atoms with van der Waals surface area (Å²) in [5.74, 6) is 0.418. The number of H-pyrrole nitrogens is 1. The zero-order chi connectivity index (χ0) is 14.7. The molecule has 0 radical (unpaired) electrons. The third kappa shape index (κ3) is 2.85. The minimum Gasteiger partial charge on any atom is -0.409 e. The van der Waals surface area contributed by atoms with Gasteiger partial charge in [-0.15, -0.1) is 5.10 Å². The molecule has 0 unspecified atom stereocenters. The zero-order valence-corrected chi connectivity index (χ0v) is 11.1. The van der Waals surface area contributed by atoms with E-state index >= 15 is 0 Å². The molecule has 2 aromatic rings. The number of nitrogens with one attached hydrogen (secondary N) is 1. The average Bonchev–Trinajstić information content (AvgIpc) is 2.83. The molecule has 0 fully saturated rings. The normalized spacial score (nSPS) is 11.6. The Morgan fingerprint density at radius 1 is 1.60 bits per heavy atom. The highest BCUT2D eigenvalue weighted by molar-refractivity contribution is 7.99. The van der Waals surface area contributed by atoms with Gasteiger partial charge in [0.1, 0.15) is 5.82 Å². The van der Waals surface area contributed by atoms with Crippen LogP contribution < -0.4 is 5.73 Å². The molecule has 10 heteroatoms. The Hall–Kier alpha value is -2.62. The van der Waals surface area contributed by atoms with Crippen molar-refractivity contribution < 1.29 is 10.1 Å². The maximum Gasteiger partial charge on any atom is 0.284 e. The van der Waals surface area contributed by atoms with E-state index in [1.54, 1.807) is 6.92 Å². The molecule has 20 heavy (non-hydrogen) atoms. The van der Waals surface area contributed by atoms with E-state index in [1.807, 2.05) is 0 Å². The first kappa shape index (κ1) is 13.8. The average molecular weight is 294 g/mol. The summed E-state index contributed by atoms with van der Waals surface area (Å²) in [6, 6.07) is 4.25. The molecule has 1 aromatic carbocycles. The molecule has 0 aliphatic rings. The number of benzene rings is 1.